The second-order valence-electron chi connectivity index (χ2n) is 10.6. The Balaban J connectivity index is 1.29. The minimum atomic E-state index is -0.405. The highest BCUT2D eigenvalue weighted by molar-refractivity contribution is 5.85. The van der Waals surface area contributed by atoms with E-state index in [1.54, 1.807) is 23.0 Å². The summed E-state index contributed by atoms with van der Waals surface area (Å²) in [5, 5.41) is 7.13. The van der Waals surface area contributed by atoms with E-state index in [1.807, 2.05) is 48.5 Å². The summed E-state index contributed by atoms with van der Waals surface area (Å²) in [6, 6.07) is 15.0. The molecule has 3 aromatic rings. The molecule has 0 unspecified atom stereocenters. The number of benzene rings is 2. The van der Waals surface area contributed by atoms with Crippen molar-refractivity contribution in [1.29, 1.82) is 0 Å². The van der Waals surface area contributed by atoms with Crippen LogP contribution in [0, 0.1) is 0 Å². The number of amides is 3. The highest BCUT2D eigenvalue weighted by Gasteiger charge is 2.33. The van der Waals surface area contributed by atoms with E-state index in [-0.39, 0.29) is 36.8 Å². The third-order valence-corrected chi connectivity index (χ3v) is 7.42. The van der Waals surface area contributed by atoms with Crippen LogP contribution in [0.5, 0.6) is 11.5 Å². The van der Waals surface area contributed by atoms with Gasteiger partial charge < -0.3 is 24.6 Å². The summed E-state index contributed by atoms with van der Waals surface area (Å²) in [6.45, 7) is 1.75. The second kappa shape index (κ2) is 13.4. The molecule has 2 aliphatic heterocycles. The van der Waals surface area contributed by atoms with Crippen molar-refractivity contribution in [2.75, 3.05) is 26.7 Å². The Kier molecular flexibility index (Phi) is 9.25. The average Bonchev–Trinajstić information content (AvgIpc) is 3.48. The maximum atomic E-state index is 13.1. The van der Waals surface area contributed by atoms with Crippen LogP contribution in [0.1, 0.15) is 36.8 Å². The zero-order valence-corrected chi connectivity index (χ0v) is 23.3. The van der Waals surface area contributed by atoms with E-state index < -0.39 is 6.04 Å². The van der Waals surface area contributed by atoms with E-state index in [9.17, 15) is 14.4 Å². The highest BCUT2D eigenvalue weighted by atomic mass is 16.5. The van der Waals surface area contributed by atoms with Gasteiger partial charge in [0.25, 0.3) is 0 Å². The molecule has 2 atom stereocenters. The maximum absolute atomic E-state index is 13.1. The standard InChI is InChI=1S/C30H36N6O5/c1-34-18-28(37)33-26-17-35(30(39)9-4-13-36-21-31-20-32-36)14-12-27(26)40-19-23-6-3-8-25(16-23)41-24-7-2-5-22(15-24)10-11-29(34)38/h2-3,5-8,15-16,20-21,26-27H,4,9-14,17-19H2,1H3,(H,33,37)/t26-,27+/m1/s1. The fourth-order valence-electron chi connectivity index (χ4n) is 5.19. The van der Waals surface area contributed by atoms with Gasteiger partial charge in [-0.3, -0.25) is 19.1 Å². The van der Waals surface area contributed by atoms with Crippen molar-refractivity contribution < 1.29 is 23.9 Å². The van der Waals surface area contributed by atoms with Crippen molar-refractivity contribution in [3.63, 3.8) is 0 Å². The Morgan fingerprint density at radius 3 is 2.63 bits per heavy atom. The lowest BCUT2D eigenvalue weighted by Crippen LogP contribution is -2.58. The maximum Gasteiger partial charge on any atom is 0.239 e. The molecule has 11 nitrogen and oxygen atoms in total. The number of nitrogens with one attached hydrogen (secondary N) is 1. The van der Waals surface area contributed by atoms with Crippen LogP contribution in [0.4, 0.5) is 0 Å². The van der Waals surface area contributed by atoms with Gasteiger partial charge in [0.1, 0.15) is 24.2 Å². The van der Waals surface area contributed by atoms with E-state index in [2.05, 4.69) is 15.4 Å². The molecule has 2 aliphatic rings. The predicted octanol–water partition coefficient (Wildman–Crippen LogP) is 2.56. The van der Waals surface area contributed by atoms with E-state index in [0.717, 1.165) is 11.1 Å². The first kappa shape index (κ1) is 28.3. The average molecular weight is 561 g/mol. The first-order valence-corrected chi connectivity index (χ1v) is 14.0. The fraction of sp³-hybridized carbons (Fsp3) is 0.433. The zero-order valence-electron chi connectivity index (χ0n) is 23.3. The number of carbonyl (C=O) groups excluding carboxylic acids is 3. The third-order valence-electron chi connectivity index (χ3n) is 7.42. The summed E-state index contributed by atoms with van der Waals surface area (Å²) in [7, 11) is 1.63. The summed E-state index contributed by atoms with van der Waals surface area (Å²) in [5.41, 5.74) is 1.92. The molecule has 1 N–H and O–H groups in total. The summed E-state index contributed by atoms with van der Waals surface area (Å²) < 4.78 is 14.1. The number of ether oxygens (including phenoxy) is 2. The molecule has 1 fully saturated rings. The van der Waals surface area contributed by atoms with Gasteiger partial charge in [-0.15, -0.1) is 0 Å². The van der Waals surface area contributed by atoms with Gasteiger partial charge in [0.15, 0.2) is 0 Å². The molecule has 1 aromatic heterocycles. The molecule has 3 amide bonds. The number of likely N-dealkylation sites (tertiary alicyclic amines) is 1. The number of hydrogen-bond donors (Lipinski definition) is 1. The minimum absolute atomic E-state index is 0.0256. The number of fused-ring (bicyclic) bond motifs is 5. The third kappa shape index (κ3) is 7.91. The van der Waals surface area contributed by atoms with Crippen molar-refractivity contribution in [3.05, 3.63) is 72.3 Å². The topological polar surface area (TPSA) is 119 Å². The first-order valence-electron chi connectivity index (χ1n) is 14.0. The van der Waals surface area contributed by atoms with E-state index >= 15 is 0 Å². The number of rotatable bonds is 4. The van der Waals surface area contributed by atoms with Gasteiger partial charge in [-0.2, -0.15) is 5.10 Å². The molecule has 11 heteroatoms. The van der Waals surface area contributed by atoms with Crippen LogP contribution in [-0.2, 0) is 38.7 Å². The van der Waals surface area contributed by atoms with Crippen LogP contribution in [0.25, 0.3) is 0 Å². The van der Waals surface area contributed by atoms with Gasteiger partial charge in [0, 0.05) is 39.5 Å². The SMILES string of the molecule is CN1CC(=O)N[C@@H]2CN(C(=O)CCCn3cncn3)CC[C@@H]2OCc2cccc(c2)Oc2cccc(c2)CCC1=O. The summed E-state index contributed by atoms with van der Waals surface area (Å²) in [4.78, 5) is 46.0. The monoisotopic (exact) mass is 560 g/mol. The van der Waals surface area contributed by atoms with E-state index in [4.69, 9.17) is 9.47 Å². The van der Waals surface area contributed by atoms with Crippen molar-refractivity contribution in [2.45, 2.75) is 57.4 Å². The minimum Gasteiger partial charge on any atom is -0.457 e. The number of carbonyl (C=O) groups is 3. The number of piperidine rings is 1. The number of aryl methyl sites for hydroxylation is 2. The number of aromatic nitrogens is 3. The van der Waals surface area contributed by atoms with E-state index in [1.165, 1.54) is 11.2 Å². The molecule has 0 saturated carbocycles. The van der Waals surface area contributed by atoms with Crippen LogP contribution in [0.3, 0.4) is 0 Å². The van der Waals surface area contributed by atoms with Crippen LogP contribution >= 0.6 is 0 Å². The second-order valence-corrected chi connectivity index (χ2v) is 10.6. The molecular weight excluding hydrogens is 524 g/mol. The summed E-state index contributed by atoms with van der Waals surface area (Å²) in [6.07, 6.45) is 5.22. The lowest BCUT2D eigenvalue weighted by atomic mass is 10.0. The normalized spacial score (nSPS) is 20.3. The van der Waals surface area contributed by atoms with Gasteiger partial charge in [-0.05, 0) is 54.7 Å². The first-order chi connectivity index (χ1) is 19.9. The molecule has 0 radical (unpaired) electrons. The molecule has 4 bridgehead atoms. The predicted molar refractivity (Wildman–Crippen MR) is 150 cm³/mol. The smallest absolute Gasteiger partial charge is 0.239 e. The largest absolute Gasteiger partial charge is 0.457 e. The number of hydrogen-bond acceptors (Lipinski definition) is 7. The molecule has 3 heterocycles. The molecule has 0 aliphatic carbocycles. The number of nitrogens with zero attached hydrogens (tertiary/aromatic N) is 5. The number of likely N-dealkylation sites (N-methyl/N-ethyl adjacent to an activating group) is 1. The zero-order chi connectivity index (χ0) is 28.6. The molecule has 0 spiro atoms. The van der Waals surface area contributed by atoms with Crippen molar-refractivity contribution >= 4 is 17.7 Å². The highest BCUT2D eigenvalue weighted by Crippen LogP contribution is 2.25. The van der Waals surface area contributed by atoms with Gasteiger partial charge in [0.2, 0.25) is 17.7 Å². The Morgan fingerprint density at radius 2 is 1.85 bits per heavy atom. The summed E-state index contributed by atoms with van der Waals surface area (Å²) >= 11 is 0. The molecule has 2 aromatic carbocycles. The van der Waals surface area contributed by atoms with Gasteiger partial charge in [-0.25, -0.2) is 4.98 Å². The molecule has 5 rings (SSSR count). The van der Waals surface area contributed by atoms with Crippen molar-refractivity contribution in [1.82, 2.24) is 29.9 Å². The van der Waals surface area contributed by atoms with E-state index in [0.29, 0.717) is 63.4 Å². The molecule has 1 saturated heterocycles. The van der Waals surface area contributed by atoms with Crippen LogP contribution in [0.15, 0.2) is 61.2 Å². The lowest BCUT2D eigenvalue weighted by molar-refractivity contribution is -0.138. The van der Waals surface area contributed by atoms with Crippen molar-refractivity contribution in [2.24, 2.45) is 0 Å². The van der Waals surface area contributed by atoms with Gasteiger partial charge in [0.05, 0.1) is 25.3 Å². The lowest BCUT2D eigenvalue weighted by Gasteiger charge is -2.39. The van der Waals surface area contributed by atoms with Crippen molar-refractivity contribution in [3.8, 4) is 11.5 Å². The van der Waals surface area contributed by atoms with Crippen LogP contribution in [0.2, 0.25) is 0 Å². The molecule has 41 heavy (non-hydrogen) atoms. The quantitative estimate of drug-likeness (QED) is 0.521. The van der Waals surface area contributed by atoms with Crippen LogP contribution < -0.4 is 10.1 Å². The Hall–Kier alpha value is -4.25. The molecular formula is C30H36N6O5. The Morgan fingerprint density at radius 1 is 1.07 bits per heavy atom. The van der Waals surface area contributed by atoms with Gasteiger partial charge >= 0.3 is 0 Å². The van der Waals surface area contributed by atoms with Crippen LogP contribution in [-0.4, -0.2) is 81.1 Å². The Bertz CT molecular complexity index is 1350. The fourth-order valence-corrected chi connectivity index (χ4v) is 5.19. The van der Waals surface area contributed by atoms with Gasteiger partial charge in [-0.1, -0.05) is 24.3 Å². The molecule has 216 valence electrons. The summed E-state index contributed by atoms with van der Waals surface area (Å²) in [5.74, 6) is 1.01. The Labute approximate surface area is 239 Å².